The van der Waals surface area contributed by atoms with Gasteiger partial charge in [-0.1, -0.05) is 29.8 Å². The largest absolute Gasteiger partial charge is 0.497 e. The van der Waals surface area contributed by atoms with E-state index in [4.69, 9.17) is 9.47 Å². The van der Waals surface area contributed by atoms with Crippen molar-refractivity contribution in [3.63, 3.8) is 0 Å². The van der Waals surface area contributed by atoms with E-state index in [-0.39, 0.29) is 18.3 Å². The van der Waals surface area contributed by atoms with Crippen LogP contribution in [0.1, 0.15) is 17.5 Å². The van der Waals surface area contributed by atoms with Crippen molar-refractivity contribution in [3.05, 3.63) is 59.7 Å². The van der Waals surface area contributed by atoms with Crippen LogP contribution in [-0.4, -0.2) is 30.4 Å². The second-order valence-corrected chi connectivity index (χ2v) is 6.26. The lowest BCUT2D eigenvalue weighted by molar-refractivity contribution is -0.139. The average molecular weight is 339 g/mol. The van der Waals surface area contributed by atoms with Gasteiger partial charge in [0.1, 0.15) is 11.5 Å². The molecule has 2 aromatic rings. The molecule has 0 radical (unpaired) electrons. The van der Waals surface area contributed by atoms with Crippen LogP contribution in [0.5, 0.6) is 11.5 Å². The molecule has 0 saturated carbocycles. The molecular formula is C20H21NO4. The maximum absolute atomic E-state index is 12.3. The van der Waals surface area contributed by atoms with Crippen LogP contribution in [0, 0.1) is 12.8 Å². The molecule has 1 saturated heterocycles. The minimum Gasteiger partial charge on any atom is -0.497 e. The predicted molar refractivity (Wildman–Crippen MR) is 93.3 cm³/mol. The first-order valence-electron chi connectivity index (χ1n) is 8.24. The zero-order chi connectivity index (χ0) is 17.8. The smallest absolute Gasteiger partial charge is 0.316 e. The van der Waals surface area contributed by atoms with Crippen molar-refractivity contribution in [2.75, 3.05) is 13.7 Å². The third kappa shape index (κ3) is 4.18. The van der Waals surface area contributed by atoms with E-state index in [1.165, 1.54) is 5.56 Å². The van der Waals surface area contributed by atoms with E-state index in [2.05, 4.69) is 0 Å². The molecule has 5 heteroatoms. The quantitative estimate of drug-likeness (QED) is 0.621. The van der Waals surface area contributed by atoms with Gasteiger partial charge in [-0.2, -0.15) is 0 Å². The number of aryl methyl sites for hydroxylation is 1. The van der Waals surface area contributed by atoms with E-state index in [1.54, 1.807) is 36.3 Å². The van der Waals surface area contributed by atoms with E-state index in [0.29, 0.717) is 24.6 Å². The Morgan fingerprint density at radius 3 is 2.36 bits per heavy atom. The van der Waals surface area contributed by atoms with Gasteiger partial charge < -0.3 is 14.4 Å². The summed E-state index contributed by atoms with van der Waals surface area (Å²) in [6.07, 6.45) is 0.195. The summed E-state index contributed by atoms with van der Waals surface area (Å²) in [4.78, 5) is 26.2. The van der Waals surface area contributed by atoms with Gasteiger partial charge in [0.2, 0.25) is 5.91 Å². The fourth-order valence-electron chi connectivity index (χ4n) is 2.84. The van der Waals surface area contributed by atoms with E-state index < -0.39 is 5.92 Å². The second kappa shape index (κ2) is 7.38. The fourth-order valence-corrected chi connectivity index (χ4v) is 2.84. The highest BCUT2D eigenvalue weighted by molar-refractivity contribution is 5.87. The van der Waals surface area contributed by atoms with Gasteiger partial charge in [0.15, 0.2) is 0 Å². The van der Waals surface area contributed by atoms with E-state index >= 15 is 0 Å². The number of ether oxygens (including phenoxy) is 2. The molecule has 0 aromatic heterocycles. The van der Waals surface area contributed by atoms with E-state index in [9.17, 15) is 9.59 Å². The molecule has 0 aliphatic carbocycles. The number of hydrogen-bond acceptors (Lipinski definition) is 4. The summed E-state index contributed by atoms with van der Waals surface area (Å²) in [5.41, 5.74) is 2.24. The van der Waals surface area contributed by atoms with Crippen LogP contribution in [0.2, 0.25) is 0 Å². The van der Waals surface area contributed by atoms with Gasteiger partial charge in [-0.05, 0) is 36.8 Å². The number of carbonyl (C=O) groups excluding carboxylic acids is 2. The Morgan fingerprint density at radius 1 is 1.08 bits per heavy atom. The molecule has 1 atom stereocenters. The molecular weight excluding hydrogens is 318 g/mol. The molecule has 130 valence electrons. The summed E-state index contributed by atoms with van der Waals surface area (Å²) in [5.74, 6) is 0.331. The maximum atomic E-state index is 12.3. The Labute approximate surface area is 147 Å². The topological polar surface area (TPSA) is 55.8 Å². The van der Waals surface area contributed by atoms with Crippen molar-refractivity contribution in [2.45, 2.75) is 19.9 Å². The Balaban J connectivity index is 1.59. The molecule has 0 spiro atoms. The van der Waals surface area contributed by atoms with Crippen molar-refractivity contribution < 1.29 is 19.1 Å². The molecule has 0 bridgehead atoms. The Hall–Kier alpha value is -2.82. The number of esters is 1. The molecule has 3 rings (SSSR count). The van der Waals surface area contributed by atoms with Gasteiger partial charge in [-0.15, -0.1) is 0 Å². The lowest BCUT2D eigenvalue weighted by atomic mass is 10.1. The molecule has 1 heterocycles. The highest BCUT2D eigenvalue weighted by atomic mass is 16.5. The number of rotatable bonds is 5. The van der Waals surface area contributed by atoms with Crippen molar-refractivity contribution in [3.8, 4) is 11.5 Å². The molecule has 5 nitrogen and oxygen atoms in total. The standard InChI is InChI=1S/C20H21NO4/c1-14-3-5-15(6-4-14)12-21-13-16(11-19(21)22)20(23)25-18-9-7-17(24-2)8-10-18/h3-10,16H,11-13H2,1-2H3. The zero-order valence-corrected chi connectivity index (χ0v) is 14.4. The minimum atomic E-state index is -0.431. The van der Waals surface area contributed by atoms with Crippen LogP contribution in [0.25, 0.3) is 0 Å². The molecule has 1 aliphatic rings. The number of amides is 1. The lowest BCUT2D eigenvalue weighted by Crippen LogP contribution is -2.27. The number of carbonyl (C=O) groups is 2. The number of methoxy groups -OCH3 is 1. The van der Waals surface area contributed by atoms with Crippen molar-refractivity contribution in [2.24, 2.45) is 5.92 Å². The first-order valence-corrected chi connectivity index (χ1v) is 8.24. The lowest BCUT2D eigenvalue weighted by Gasteiger charge is -2.16. The first kappa shape index (κ1) is 17.0. The zero-order valence-electron chi connectivity index (χ0n) is 14.4. The van der Waals surface area contributed by atoms with Crippen LogP contribution < -0.4 is 9.47 Å². The summed E-state index contributed by atoms with van der Waals surface area (Å²) in [6, 6.07) is 14.9. The summed E-state index contributed by atoms with van der Waals surface area (Å²) in [6.45, 7) is 2.93. The number of nitrogens with zero attached hydrogens (tertiary/aromatic N) is 1. The third-order valence-electron chi connectivity index (χ3n) is 4.32. The normalized spacial score (nSPS) is 16.8. The Kier molecular flexibility index (Phi) is 5.03. The monoisotopic (exact) mass is 339 g/mol. The van der Waals surface area contributed by atoms with Gasteiger partial charge in [0, 0.05) is 19.5 Å². The van der Waals surface area contributed by atoms with Crippen LogP contribution in [-0.2, 0) is 16.1 Å². The highest BCUT2D eigenvalue weighted by Gasteiger charge is 2.35. The molecule has 25 heavy (non-hydrogen) atoms. The van der Waals surface area contributed by atoms with Gasteiger partial charge in [0.05, 0.1) is 13.0 Å². The van der Waals surface area contributed by atoms with Crippen LogP contribution in [0.15, 0.2) is 48.5 Å². The molecule has 2 aromatic carbocycles. The van der Waals surface area contributed by atoms with Crippen molar-refractivity contribution in [1.29, 1.82) is 0 Å². The molecule has 1 amide bonds. The highest BCUT2D eigenvalue weighted by Crippen LogP contribution is 2.24. The van der Waals surface area contributed by atoms with Gasteiger partial charge >= 0.3 is 5.97 Å². The van der Waals surface area contributed by atoms with Gasteiger partial charge in [-0.3, -0.25) is 9.59 Å². The van der Waals surface area contributed by atoms with Gasteiger partial charge in [-0.25, -0.2) is 0 Å². The SMILES string of the molecule is COc1ccc(OC(=O)C2CC(=O)N(Cc3ccc(C)cc3)C2)cc1. The van der Waals surface area contributed by atoms with Crippen LogP contribution >= 0.6 is 0 Å². The summed E-state index contributed by atoms with van der Waals surface area (Å²) < 4.78 is 10.5. The summed E-state index contributed by atoms with van der Waals surface area (Å²) in [5, 5.41) is 0. The first-order chi connectivity index (χ1) is 12.0. The fraction of sp³-hybridized carbons (Fsp3) is 0.300. The Bertz CT molecular complexity index is 752. The average Bonchev–Trinajstić information content (AvgIpc) is 2.98. The minimum absolute atomic E-state index is 0.0164. The van der Waals surface area contributed by atoms with Crippen LogP contribution in [0.4, 0.5) is 0 Å². The Morgan fingerprint density at radius 2 is 1.72 bits per heavy atom. The van der Waals surface area contributed by atoms with Gasteiger partial charge in [0.25, 0.3) is 0 Å². The van der Waals surface area contributed by atoms with Crippen molar-refractivity contribution >= 4 is 11.9 Å². The number of benzene rings is 2. The molecule has 1 fully saturated rings. The van der Waals surface area contributed by atoms with E-state index in [1.807, 2.05) is 31.2 Å². The third-order valence-corrected chi connectivity index (χ3v) is 4.32. The van der Waals surface area contributed by atoms with Crippen molar-refractivity contribution in [1.82, 2.24) is 4.90 Å². The molecule has 0 N–H and O–H groups in total. The van der Waals surface area contributed by atoms with E-state index in [0.717, 1.165) is 5.56 Å². The number of likely N-dealkylation sites (tertiary alicyclic amines) is 1. The summed E-state index contributed by atoms with van der Waals surface area (Å²) in [7, 11) is 1.58. The van der Waals surface area contributed by atoms with Crippen LogP contribution in [0.3, 0.4) is 0 Å². The second-order valence-electron chi connectivity index (χ2n) is 6.26. The maximum Gasteiger partial charge on any atom is 0.316 e. The predicted octanol–water partition coefficient (Wildman–Crippen LogP) is 2.96. The number of hydrogen-bond donors (Lipinski definition) is 0. The molecule has 1 aliphatic heterocycles. The molecule has 1 unspecified atom stereocenters. The summed E-state index contributed by atoms with van der Waals surface area (Å²) >= 11 is 0.